The van der Waals surface area contributed by atoms with Gasteiger partial charge < -0.3 is 9.84 Å². The Kier molecular flexibility index (Phi) is 8.04. The Labute approximate surface area is 218 Å². The molecule has 39 heavy (non-hydrogen) atoms. The average molecular weight is 552 g/mol. The van der Waals surface area contributed by atoms with Crippen LogP contribution in [0.5, 0.6) is 5.75 Å². The molecule has 14 heteroatoms. The summed E-state index contributed by atoms with van der Waals surface area (Å²) >= 11 is 0. The molecule has 4 rings (SSSR count). The zero-order valence-electron chi connectivity index (χ0n) is 20.3. The van der Waals surface area contributed by atoms with Crippen molar-refractivity contribution in [1.82, 2.24) is 29.5 Å². The lowest BCUT2D eigenvalue weighted by atomic mass is 9.86. The topological polar surface area (TPSA) is 90.9 Å². The van der Waals surface area contributed by atoms with Crippen LogP contribution in [0.25, 0.3) is 12.2 Å². The van der Waals surface area contributed by atoms with Crippen LogP contribution in [0, 0.1) is 11.6 Å². The summed E-state index contributed by atoms with van der Waals surface area (Å²) in [6.07, 6.45) is 3.22. The van der Waals surface area contributed by atoms with Crippen LogP contribution in [-0.2, 0) is 12.1 Å². The van der Waals surface area contributed by atoms with Gasteiger partial charge in [0.15, 0.2) is 12.4 Å². The van der Waals surface area contributed by atoms with Crippen LogP contribution >= 0.6 is 0 Å². The van der Waals surface area contributed by atoms with Gasteiger partial charge in [0.25, 0.3) is 0 Å². The van der Waals surface area contributed by atoms with E-state index in [1.54, 1.807) is 13.0 Å². The van der Waals surface area contributed by atoms with Crippen LogP contribution in [0.1, 0.15) is 29.9 Å². The molecule has 2 aromatic carbocycles. The monoisotopic (exact) mass is 552 g/mol. The lowest BCUT2D eigenvalue weighted by Crippen LogP contribution is -2.40. The van der Waals surface area contributed by atoms with E-state index in [1.807, 2.05) is 0 Å². The minimum Gasteiger partial charge on any atom is -0.487 e. The highest BCUT2D eigenvalue weighted by Crippen LogP contribution is 2.36. The fourth-order valence-corrected chi connectivity index (χ4v) is 3.70. The van der Waals surface area contributed by atoms with E-state index in [-0.39, 0.29) is 23.7 Å². The molecule has 8 nitrogen and oxygen atoms in total. The highest BCUT2D eigenvalue weighted by molar-refractivity contribution is 5.66. The molecule has 206 valence electrons. The number of aromatic nitrogens is 6. The Balaban J connectivity index is 1.50. The zero-order chi connectivity index (χ0) is 28.2. The third kappa shape index (κ3) is 6.45. The molecule has 0 radical (unpaired) electrons. The largest absolute Gasteiger partial charge is 0.487 e. The summed E-state index contributed by atoms with van der Waals surface area (Å²) in [5, 5.41) is 19.9. The maximum Gasteiger partial charge on any atom is 0.340 e. The summed E-state index contributed by atoms with van der Waals surface area (Å²) in [6.45, 7) is -0.0952. The molecule has 0 bridgehead atoms. The van der Waals surface area contributed by atoms with Gasteiger partial charge in [-0.25, -0.2) is 36.9 Å². The van der Waals surface area contributed by atoms with Crippen molar-refractivity contribution in [2.75, 3.05) is 6.61 Å². The minimum atomic E-state index is -4.26. The van der Waals surface area contributed by atoms with Gasteiger partial charge in [-0.15, -0.1) is 0 Å². The second-order valence-corrected chi connectivity index (χ2v) is 8.65. The Morgan fingerprint density at radius 3 is 2.44 bits per heavy atom. The summed E-state index contributed by atoms with van der Waals surface area (Å²) in [4.78, 5) is 8.00. The van der Waals surface area contributed by atoms with Crippen LogP contribution in [0.2, 0.25) is 0 Å². The van der Waals surface area contributed by atoms with E-state index in [0.717, 1.165) is 12.1 Å². The quantitative estimate of drug-likeness (QED) is 0.270. The van der Waals surface area contributed by atoms with Crippen LogP contribution in [0.3, 0.4) is 0 Å². The molecule has 2 heterocycles. The van der Waals surface area contributed by atoms with Gasteiger partial charge in [-0.1, -0.05) is 24.3 Å². The lowest BCUT2D eigenvalue weighted by Gasteiger charge is -2.34. The molecule has 0 spiro atoms. The van der Waals surface area contributed by atoms with Crippen LogP contribution in [0.4, 0.5) is 26.3 Å². The Morgan fingerprint density at radius 2 is 1.79 bits per heavy atom. The molecule has 0 aliphatic rings. The molecule has 0 amide bonds. The van der Waals surface area contributed by atoms with Crippen molar-refractivity contribution >= 4 is 12.2 Å². The summed E-state index contributed by atoms with van der Waals surface area (Å²) in [5.74, 6) is -5.80. The van der Waals surface area contributed by atoms with Crippen molar-refractivity contribution in [1.29, 1.82) is 0 Å². The summed E-state index contributed by atoms with van der Waals surface area (Å²) < 4.78 is 86.2. The van der Waals surface area contributed by atoms with E-state index in [1.165, 1.54) is 58.7 Å². The standard InChI is InChI=1S/C25H22F6N6O2/c1-16(24(38,11-36-14-32-13-34-36)20-8-5-18(26)10-21(20)27)37-15-33-22(35-37)9-4-17-2-6-19(7-3-17)39-12-25(30,31)23(28)29/h2-10,13-16,23,38H,11-12H2,1H3/t16-,24-/m1/s1. The maximum atomic E-state index is 14.8. The summed E-state index contributed by atoms with van der Waals surface area (Å²) in [6, 6.07) is 7.67. The second kappa shape index (κ2) is 11.3. The molecule has 2 aromatic heterocycles. The van der Waals surface area contributed by atoms with Gasteiger partial charge in [-0.2, -0.15) is 19.0 Å². The molecule has 0 saturated heterocycles. The minimum absolute atomic E-state index is 0.0107. The molecule has 1 N–H and O–H groups in total. The van der Waals surface area contributed by atoms with E-state index < -0.39 is 42.2 Å². The fourth-order valence-electron chi connectivity index (χ4n) is 3.70. The van der Waals surface area contributed by atoms with Crippen molar-refractivity contribution in [3.05, 3.63) is 90.0 Å². The predicted octanol–water partition coefficient (Wildman–Crippen LogP) is 4.75. The van der Waals surface area contributed by atoms with Crippen molar-refractivity contribution in [2.24, 2.45) is 0 Å². The molecule has 0 saturated carbocycles. The molecule has 0 unspecified atom stereocenters. The number of hydrogen-bond donors (Lipinski definition) is 1. The van der Waals surface area contributed by atoms with E-state index in [2.05, 4.69) is 20.2 Å². The number of aliphatic hydroxyl groups is 1. The number of nitrogens with zero attached hydrogens (tertiary/aromatic N) is 6. The Bertz CT molecular complexity index is 1410. The van der Waals surface area contributed by atoms with Crippen LogP contribution in [-0.4, -0.2) is 53.6 Å². The van der Waals surface area contributed by atoms with Crippen molar-refractivity contribution in [3.63, 3.8) is 0 Å². The predicted molar refractivity (Wildman–Crippen MR) is 127 cm³/mol. The molecule has 0 fully saturated rings. The van der Waals surface area contributed by atoms with E-state index in [9.17, 15) is 31.4 Å². The SMILES string of the molecule is C[C@@H](n1cnc(C=Cc2ccc(OCC(F)(F)C(F)F)cc2)n1)[C@](O)(Cn1cncn1)c1ccc(F)cc1F. The maximum absolute atomic E-state index is 14.8. The number of hydrogen-bond acceptors (Lipinski definition) is 6. The number of alkyl halides is 4. The highest BCUT2D eigenvalue weighted by atomic mass is 19.3. The molecule has 2 atom stereocenters. The highest BCUT2D eigenvalue weighted by Gasteiger charge is 2.42. The van der Waals surface area contributed by atoms with E-state index >= 15 is 0 Å². The van der Waals surface area contributed by atoms with Gasteiger partial charge in [-0.3, -0.25) is 0 Å². The van der Waals surface area contributed by atoms with E-state index in [0.29, 0.717) is 11.6 Å². The first kappa shape index (κ1) is 27.8. The van der Waals surface area contributed by atoms with Gasteiger partial charge in [0, 0.05) is 11.6 Å². The molecular weight excluding hydrogens is 530 g/mol. The Morgan fingerprint density at radius 1 is 1.05 bits per heavy atom. The van der Waals surface area contributed by atoms with Gasteiger partial charge in [0.05, 0.1) is 12.6 Å². The molecule has 4 aromatic rings. The number of rotatable bonds is 11. The van der Waals surface area contributed by atoms with Gasteiger partial charge in [0.1, 0.15) is 42.0 Å². The lowest BCUT2D eigenvalue weighted by molar-refractivity contribution is -0.148. The molecule has 0 aliphatic carbocycles. The average Bonchev–Trinajstić information content (AvgIpc) is 3.58. The number of halogens is 6. The van der Waals surface area contributed by atoms with Crippen LogP contribution < -0.4 is 4.74 Å². The zero-order valence-corrected chi connectivity index (χ0v) is 20.3. The third-order valence-corrected chi connectivity index (χ3v) is 5.94. The van der Waals surface area contributed by atoms with E-state index in [4.69, 9.17) is 4.74 Å². The second-order valence-electron chi connectivity index (χ2n) is 8.65. The summed E-state index contributed by atoms with van der Waals surface area (Å²) in [7, 11) is 0. The first-order valence-electron chi connectivity index (χ1n) is 11.5. The van der Waals surface area contributed by atoms with Gasteiger partial charge in [-0.05, 0) is 36.8 Å². The smallest absolute Gasteiger partial charge is 0.340 e. The Hall–Kier alpha value is -4.20. The molecule has 0 aliphatic heterocycles. The molecular formula is C25H22F6N6O2. The van der Waals surface area contributed by atoms with Gasteiger partial charge >= 0.3 is 12.3 Å². The fraction of sp³-hybridized carbons (Fsp3) is 0.280. The summed E-state index contributed by atoms with van der Waals surface area (Å²) in [5.41, 5.74) is -1.51. The number of ether oxygens (including phenoxy) is 1. The number of benzene rings is 2. The first-order chi connectivity index (χ1) is 18.5. The normalized spacial score (nSPS) is 14.6. The first-order valence-corrected chi connectivity index (χ1v) is 11.5. The third-order valence-electron chi connectivity index (χ3n) is 5.94. The van der Waals surface area contributed by atoms with Crippen molar-refractivity contribution in [2.45, 2.75) is 37.5 Å². The van der Waals surface area contributed by atoms with Crippen LogP contribution in [0.15, 0.2) is 61.4 Å². The van der Waals surface area contributed by atoms with Crippen molar-refractivity contribution in [3.8, 4) is 5.75 Å². The van der Waals surface area contributed by atoms with Gasteiger partial charge in [0.2, 0.25) is 0 Å². The van der Waals surface area contributed by atoms with Crippen molar-refractivity contribution < 1.29 is 36.2 Å².